The van der Waals surface area contributed by atoms with Gasteiger partial charge in [-0.2, -0.15) is 0 Å². The molecular formula is C33H28ClN3O3S. The minimum absolute atomic E-state index is 0.194. The minimum atomic E-state index is -0.628. The average molecular weight is 582 g/mol. The second-order valence-corrected chi connectivity index (χ2v) is 11.5. The molecule has 0 saturated carbocycles. The zero-order valence-electron chi connectivity index (χ0n) is 22.9. The Kier molecular flexibility index (Phi) is 7.24. The largest absolute Gasteiger partial charge is 0.463 e. The molecule has 0 spiro atoms. The molecule has 3 heterocycles. The SMILES string of the molecule is CCOC(=O)C1=C(C)N=c2s/c(=C\c3cn(Cc4cccc(Cl)c4)c4ccccc34)c(=O)n2[C@@H]1c1ccc(C)cc1. The molecule has 1 aliphatic rings. The lowest BCUT2D eigenvalue weighted by atomic mass is 9.95. The van der Waals surface area contributed by atoms with E-state index >= 15 is 0 Å². The Morgan fingerprint density at radius 2 is 1.85 bits per heavy atom. The number of halogens is 1. The van der Waals surface area contributed by atoms with Crippen molar-refractivity contribution in [2.24, 2.45) is 4.99 Å². The zero-order valence-corrected chi connectivity index (χ0v) is 24.5. The van der Waals surface area contributed by atoms with Crippen LogP contribution in [0.3, 0.4) is 0 Å². The number of nitrogens with zero attached hydrogens (tertiary/aromatic N) is 3. The van der Waals surface area contributed by atoms with E-state index in [0.717, 1.165) is 33.2 Å². The highest BCUT2D eigenvalue weighted by Crippen LogP contribution is 2.31. The van der Waals surface area contributed by atoms with Crippen molar-refractivity contribution in [1.29, 1.82) is 0 Å². The Labute approximate surface area is 246 Å². The van der Waals surface area contributed by atoms with Crippen LogP contribution in [0.25, 0.3) is 17.0 Å². The molecule has 5 aromatic rings. The Hall–Kier alpha value is -4.20. The molecule has 2 aromatic heterocycles. The standard InChI is InChI=1S/C33H28ClN3O3S/c1-4-40-32(39)29-21(3)35-33-37(30(29)23-14-12-20(2)13-15-23)31(38)28(41-33)17-24-19-36(27-11-6-5-10-26(24)27)18-22-8-7-9-25(34)16-22/h5-17,19,30H,4,18H2,1-3H3/b28-17-/t30-/m1/s1. The monoisotopic (exact) mass is 581 g/mol. The summed E-state index contributed by atoms with van der Waals surface area (Å²) >= 11 is 7.57. The molecule has 206 valence electrons. The van der Waals surface area contributed by atoms with Gasteiger partial charge in [0.05, 0.1) is 28.5 Å². The van der Waals surface area contributed by atoms with E-state index in [2.05, 4.69) is 22.9 Å². The Morgan fingerprint density at radius 3 is 2.61 bits per heavy atom. The normalized spacial score (nSPS) is 15.2. The third-order valence-electron chi connectivity index (χ3n) is 7.26. The molecule has 3 aromatic carbocycles. The van der Waals surface area contributed by atoms with Gasteiger partial charge in [-0.15, -0.1) is 0 Å². The van der Waals surface area contributed by atoms with Gasteiger partial charge in [-0.3, -0.25) is 9.36 Å². The number of fused-ring (bicyclic) bond motifs is 2. The van der Waals surface area contributed by atoms with Gasteiger partial charge in [0.15, 0.2) is 4.80 Å². The van der Waals surface area contributed by atoms with E-state index in [1.165, 1.54) is 11.3 Å². The van der Waals surface area contributed by atoms with Crippen LogP contribution in [0.15, 0.2) is 100 Å². The molecule has 41 heavy (non-hydrogen) atoms. The van der Waals surface area contributed by atoms with Crippen LogP contribution in [0.1, 0.15) is 42.1 Å². The number of thiazole rings is 1. The Balaban J connectivity index is 1.51. The fourth-order valence-corrected chi connectivity index (χ4v) is 6.60. The number of allylic oxidation sites excluding steroid dienone is 1. The van der Waals surface area contributed by atoms with Gasteiger partial charge in [0, 0.05) is 34.2 Å². The number of ether oxygens (including phenoxy) is 1. The number of hydrogen-bond acceptors (Lipinski definition) is 5. The van der Waals surface area contributed by atoms with Crippen LogP contribution in [-0.4, -0.2) is 21.7 Å². The van der Waals surface area contributed by atoms with Gasteiger partial charge in [0.1, 0.15) is 0 Å². The predicted molar refractivity (Wildman–Crippen MR) is 164 cm³/mol. The van der Waals surface area contributed by atoms with E-state index in [-0.39, 0.29) is 12.2 Å². The lowest BCUT2D eigenvalue weighted by molar-refractivity contribution is -0.139. The molecule has 0 amide bonds. The number of aryl methyl sites for hydroxylation is 1. The summed E-state index contributed by atoms with van der Waals surface area (Å²) in [5.74, 6) is -0.460. The molecule has 0 N–H and O–H groups in total. The number of para-hydroxylation sites is 1. The molecule has 1 aliphatic heterocycles. The first-order chi connectivity index (χ1) is 19.8. The maximum atomic E-state index is 14.1. The number of esters is 1. The van der Waals surface area contributed by atoms with E-state index < -0.39 is 12.0 Å². The molecule has 0 unspecified atom stereocenters. The van der Waals surface area contributed by atoms with Crippen LogP contribution >= 0.6 is 22.9 Å². The second-order valence-electron chi connectivity index (χ2n) is 10.1. The first-order valence-corrected chi connectivity index (χ1v) is 14.6. The summed E-state index contributed by atoms with van der Waals surface area (Å²) in [6.45, 7) is 6.46. The van der Waals surface area contributed by atoms with E-state index in [1.54, 1.807) is 18.4 Å². The van der Waals surface area contributed by atoms with E-state index in [4.69, 9.17) is 21.3 Å². The lowest BCUT2D eigenvalue weighted by Crippen LogP contribution is -2.39. The predicted octanol–water partition coefficient (Wildman–Crippen LogP) is 5.76. The molecule has 6 nitrogen and oxygen atoms in total. The van der Waals surface area contributed by atoms with Crippen molar-refractivity contribution < 1.29 is 9.53 Å². The van der Waals surface area contributed by atoms with E-state index in [1.807, 2.05) is 73.7 Å². The summed E-state index contributed by atoms with van der Waals surface area (Å²) in [6.07, 6.45) is 3.99. The van der Waals surface area contributed by atoms with Crippen LogP contribution in [0.5, 0.6) is 0 Å². The van der Waals surface area contributed by atoms with Crippen LogP contribution < -0.4 is 14.9 Å². The van der Waals surface area contributed by atoms with Gasteiger partial charge in [-0.05, 0) is 56.2 Å². The molecule has 0 radical (unpaired) electrons. The van der Waals surface area contributed by atoms with Crippen LogP contribution in [0.2, 0.25) is 5.02 Å². The van der Waals surface area contributed by atoms with Gasteiger partial charge in [-0.25, -0.2) is 9.79 Å². The Morgan fingerprint density at radius 1 is 1.07 bits per heavy atom. The second kappa shape index (κ2) is 11.0. The summed E-state index contributed by atoms with van der Waals surface area (Å²) in [7, 11) is 0. The Bertz CT molecular complexity index is 2020. The topological polar surface area (TPSA) is 65.6 Å². The first kappa shape index (κ1) is 27.0. The van der Waals surface area contributed by atoms with Crippen molar-refractivity contribution in [3.8, 4) is 0 Å². The van der Waals surface area contributed by atoms with Gasteiger partial charge < -0.3 is 9.30 Å². The van der Waals surface area contributed by atoms with Crippen molar-refractivity contribution >= 4 is 45.9 Å². The summed E-state index contributed by atoms with van der Waals surface area (Å²) < 4.78 is 9.75. The molecule has 0 saturated heterocycles. The third-order valence-corrected chi connectivity index (χ3v) is 8.48. The van der Waals surface area contributed by atoms with Gasteiger partial charge >= 0.3 is 5.97 Å². The van der Waals surface area contributed by atoms with Crippen molar-refractivity contribution in [2.45, 2.75) is 33.4 Å². The molecule has 6 rings (SSSR count). The number of carbonyl (C=O) groups is 1. The molecule has 0 aliphatic carbocycles. The van der Waals surface area contributed by atoms with Crippen LogP contribution in [0, 0.1) is 6.92 Å². The number of carbonyl (C=O) groups excluding carboxylic acids is 1. The highest BCUT2D eigenvalue weighted by Gasteiger charge is 2.33. The number of benzene rings is 3. The highest BCUT2D eigenvalue weighted by molar-refractivity contribution is 7.07. The zero-order chi connectivity index (χ0) is 28.7. The molecule has 0 fully saturated rings. The van der Waals surface area contributed by atoms with E-state index in [9.17, 15) is 9.59 Å². The van der Waals surface area contributed by atoms with Gasteiger partial charge in [0.25, 0.3) is 5.56 Å². The summed E-state index contributed by atoms with van der Waals surface area (Å²) in [6, 6.07) is 23.2. The summed E-state index contributed by atoms with van der Waals surface area (Å²) in [4.78, 5) is 32.4. The molecule has 0 bridgehead atoms. The number of hydrogen-bond donors (Lipinski definition) is 0. The first-order valence-electron chi connectivity index (χ1n) is 13.4. The van der Waals surface area contributed by atoms with Crippen molar-refractivity contribution in [1.82, 2.24) is 9.13 Å². The lowest BCUT2D eigenvalue weighted by Gasteiger charge is -2.24. The number of rotatable bonds is 6. The minimum Gasteiger partial charge on any atom is -0.463 e. The van der Waals surface area contributed by atoms with Crippen molar-refractivity contribution in [3.05, 3.63) is 137 Å². The van der Waals surface area contributed by atoms with E-state index in [0.29, 0.717) is 32.2 Å². The fraction of sp³-hybridized carbons (Fsp3) is 0.182. The smallest absolute Gasteiger partial charge is 0.338 e. The van der Waals surface area contributed by atoms with Crippen LogP contribution in [-0.2, 0) is 16.1 Å². The quantitative estimate of drug-likeness (QED) is 0.239. The number of aromatic nitrogens is 2. The van der Waals surface area contributed by atoms with Crippen molar-refractivity contribution in [2.75, 3.05) is 6.61 Å². The highest BCUT2D eigenvalue weighted by atomic mass is 35.5. The summed E-state index contributed by atoms with van der Waals surface area (Å²) in [5, 5.41) is 1.74. The van der Waals surface area contributed by atoms with Gasteiger partial charge in [-0.1, -0.05) is 83.1 Å². The average Bonchev–Trinajstić information content (AvgIpc) is 3.45. The summed E-state index contributed by atoms with van der Waals surface area (Å²) in [5.41, 5.74) is 5.75. The third kappa shape index (κ3) is 5.07. The maximum absolute atomic E-state index is 14.1. The van der Waals surface area contributed by atoms with Crippen LogP contribution in [0.4, 0.5) is 0 Å². The molecule has 1 atom stereocenters. The van der Waals surface area contributed by atoms with Crippen molar-refractivity contribution in [3.63, 3.8) is 0 Å². The van der Waals surface area contributed by atoms with Gasteiger partial charge in [0.2, 0.25) is 0 Å². The molecular weight excluding hydrogens is 554 g/mol. The maximum Gasteiger partial charge on any atom is 0.338 e. The fourth-order valence-electron chi connectivity index (χ4n) is 5.35. The molecule has 8 heteroatoms.